The Kier molecular flexibility index (Phi) is 7.66. The highest BCUT2D eigenvalue weighted by Crippen LogP contribution is 2.21. The topological polar surface area (TPSA) is 15.3 Å². The van der Waals surface area contributed by atoms with Gasteiger partial charge in [-0.3, -0.25) is 4.90 Å². The Balaban J connectivity index is 2.58. The maximum absolute atomic E-state index is 3.76. The molecule has 4 unspecified atom stereocenters. The number of piperazine rings is 1. The largest absolute Gasteiger partial charge is 0.311 e. The smallest absolute Gasteiger partial charge is 0.0221 e. The third-order valence-corrected chi connectivity index (χ3v) is 5.55. The van der Waals surface area contributed by atoms with E-state index in [4.69, 9.17) is 0 Å². The van der Waals surface area contributed by atoms with Crippen molar-refractivity contribution in [3.63, 3.8) is 0 Å². The lowest BCUT2D eigenvalue weighted by Gasteiger charge is -2.45. The van der Waals surface area contributed by atoms with E-state index in [2.05, 4.69) is 56.6 Å². The summed E-state index contributed by atoms with van der Waals surface area (Å²) in [5.74, 6) is 3.30. The first-order valence-corrected chi connectivity index (χ1v) is 8.86. The molecule has 0 saturated carbocycles. The van der Waals surface area contributed by atoms with Crippen molar-refractivity contribution in [3.05, 3.63) is 0 Å². The summed E-state index contributed by atoms with van der Waals surface area (Å²) in [4.78, 5) is 2.76. The van der Waals surface area contributed by atoms with Gasteiger partial charge in [0.05, 0.1) is 0 Å². The molecule has 1 aliphatic heterocycles. The van der Waals surface area contributed by atoms with E-state index in [1.54, 1.807) is 0 Å². The first-order chi connectivity index (χ1) is 8.63. The Morgan fingerprint density at radius 3 is 2.56 bits per heavy atom. The van der Waals surface area contributed by atoms with Gasteiger partial charge in [0.2, 0.25) is 0 Å². The van der Waals surface area contributed by atoms with Gasteiger partial charge in [-0.05, 0) is 25.0 Å². The van der Waals surface area contributed by atoms with E-state index in [9.17, 15) is 0 Å². The summed E-state index contributed by atoms with van der Waals surface area (Å²) in [7, 11) is 0. The van der Waals surface area contributed by atoms with Crippen molar-refractivity contribution < 1.29 is 0 Å². The van der Waals surface area contributed by atoms with E-state index < -0.39 is 0 Å². The zero-order valence-corrected chi connectivity index (χ0v) is 13.7. The molecular weight excluding hydrogens is 240 g/mol. The van der Waals surface area contributed by atoms with Gasteiger partial charge in [0.15, 0.2) is 0 Å². The first kappa shape index (κ1) is 16.3. The molecule has 2 nitrogen and oxygen atoms in total. The molecule has 0 amide bonds. The van der Waals surface area contributed by atoms with Crippen LogP contribution in [0, 0.1) is 5.92 Å². The van der Waals surface area contributed by atoms with Crippen molar-refractivity contribution in [1.82, 2.24) is 10.2 Å². The average Bonchev–Trinajstić information content (AvgIpc) is 2.43. The predicted molar refractivity (Wildman–Crippen MR) is 84.5 cm³/mol. The Labute approximate surface area is 118 Å². The van der Waals surface area contributed by atoms with E-state index in [1.807, 2.05) is 0 Å². The molecule has 1 aliphatic rings. The fourth-order valence-corrected chi connectivity index (χ4v) is 3.58. The number of nitrogens with zero attached hydrogens (tertiary/aromatic N) is 1. The van der Waals surface area contributed by atoms with Crippen molar-refractivity contribution in [3.8, 4) is 0 Å². The molecule has 3 heteroatoms. The second kappa shape index (κ2) is 8.44. The average molecular weight is 273 g/mol. The molecule has 1 saturated heterocycles. The van der Waals surface area contributed by atoms with Gasteiger partial charge < -0.3 is 5.32 Å². The fraction of sp³-hybridized carbons (Fsp3) is 1.00. The van der Waals surface area contributed by atoms with E-state index in [0.29, 0.717) is 12.1 Å². The van der Waals surface area contributed by atoms with Crippen molar-refractivity contribution in [2.24, 2.45) is 5.92 Å². The molecule has 0 aliphatic carbocycles. The minimum atomic E-state index is 0.687. The number of rotatable bonds is 7. The predicted octanol–water partition coefficient (Wildman–Crippen LogP) is 3.23. The fourth-order valence-electron chi connectivity index (χ4n) is 2.81. The first-order valence-electron chi connectivity index (χ1n) is 7.70. The van der Waals surface area contributed by atoms with Crippen LogP contribution in [0.3, 0.4) is 0 Å². The molecule has 0 aromatic carbocycles. The van der Waals surface area contributed by atoms with Crippen LogP contribution in [0.25, 0.3) is 0 Å². The van der Waals surface area contributed by atoms with Crippen molar-refractivity contribution in [1.29, 1.82) is 0 Å². The van der Waals surface area contributed by atoms with Gasteiger partial charge in [-0.25, -0.2) is 0 Å². The van der Waals surface area contributed by atoms with Gasteiger partial charge in [0.25, 0.3) is 0 Å². The molecule has 108 valence electrons. The Bertz CT molecular complexity index is 223. The summed E-state index contributed by atoms with van der Waals surface area (Å²) in [5.41, 5.74) is 0. The quantitative estimate of drug-likeness (QED) is 0.766. The van der Waals surface area contributed by atoms with Crippen molar-refractivity contribution >= 4 is 11.8 Å². The SMILES string of the molecule is CCSCC(C)N1CC(C(C)CC)NCC1CC. The summed E-state index contributed by atoms with van der Waals surface area (Å²) < 4.78 is 0. The lowest BCUT2D eigenvalue weighted by Crippen LogP contribution is -2.60. The van der Waals surface area contributed by atoms with E-state index in [-0.39, 0.29) is 0 Å². The lowest BCUT2D eigenvalue weighted by molar-refractivity contribution is 0.0795. The van der Waals surface area contributed by atoms with E-state index >= 15 is 0 Å². The Morgan fingerprint density at radius 1 is 1.28 bits per heavy atom. The Morgan fingerprint density at radius 2 is 2.00 bits per heavy atom. The number of hydrogen-bond donors (Lipinski definition) is 1. The van der Waals surface area contributed by atoms with Gasteiger partial charge in [-0.15, -0.1) is 0 Å². The lowest BCUT2D eigenvalue weighted by atomic mass is 9.94. The minimum absolute atomic E-state index is 0.687. The highest BCUT2D eigenvalue weighted by atomic mass is 32.2. The second-order valence-electron chi connectivity index (χ2n) is 5.67. The molecule has 0 bridgehead atoms. The minimum Gasteiger partial charge on any atom is -0.311 e. The number of hydrogen-bond acceptors (Lipinski definition) is 3. The number of thioether (sulfide) groups is 1. The molecule has 1 rings (SSSR count). The highest BCUT2D eigenvalue weighted by Gasteiger charge is 2.31. The van der Waals surface area contributed by atoms with Crippen LogP contribution in [0.5, 0.6) is 0 Å². The molecule has 0 aromatic heterocycles. The maximum Gasteiger partial charge on any atom is 0.0221 e. The van der Waals surface area contributed by atoms with Crippen LogP contribution >= 0.6 is 11.8 Å². The van der Waals surface area contributed by atoms with Crippen molar-refractivity contribution in [2.45, 2.75) is 65.6 Å². The zero-order chi connectivity index (χ0) is 13.5. The molecule has 4 atom stereocenters. The third-order valence-electron chi connectivity index (χ3n) is 4.42. The molecule has 0 spiro atoms. The molecule has 0 aromatic rings. The summed E-state index contributed by atoms with van der Waals surface area (Å²) in [6.45, 7) is 14.1. The van der Waals surface area contributed by atoms with Gasteiger partial charge in [0, 0.05) is 37.0 Å². The normalized spacial score (nSPS) is 29.2. The molecule has 18 heavy (non-hydrogen) atoms. The van der Waals surface area contributed by atoms with Crippen LogP contribution in [-0.2, 0) is 0 Å². The maximum atomic E-state index is 3.76. The van der Waals surface area contributed by atoms with Crippen LogP contribution in [0.2, 0.25) is 0 Å². The van der Waals surface area contributed by atoms with Crippen LogP contribution in [-0.4, -0.2) is 47.6 Å². The highest BCUT2D eigenvalue weighted by molar-refractivity contribution is 7.99. The molecule has 1 fully saturated rings. The van der Waals surface area contributed by atoms with Gasteiger partial charge in [-0.2, -0.15) is 11.8 Å². The second-order valence-corrected chi connectivity index (χ2v) is 6.99. The summed E-state index contributed by atoms with van der Waals surface area (Å²) >= 11 is 2.08. The summed E-state index contributed by atoms with van der Waals surface area (Å²) in [6.07, 6.45) is 2.54. The van der Waals surface area contributed by atoms with Gasteiger partial charge in [-0.1, -0.05) is 34.1 Å². The summed E-state index contributed by atoms with van der Waals surface area (Å²) in [5, 5.41) is 3.76. The van der Waals surface area contributed by atoms with E-state index in [0.717, 1.165) is 12.0 Å². The molecular formula is C15H32N2S. The van der Waals surface area contributed by atoms with Crippen LogP contribution < -0.4 is 5.32 Å². The van der Waals surface area contributed by atoms with Crippen LogP contribution in [0.15, 0.2) is 0 Å². The molecule has 1 N–H and O–H groups in total. The van der Waals surface area contributed by atoms with Crippen LogP contribution in [0.1, 0.15) is 47.5 Å². The third kappa shape index (κ3) is 4.43. The standard InChI is InChI=1S/C15H32N2S/c1-6-12(4)15-10-17(13(5)11-18-8-3)14(7-2)9-16-15/h12-16H,6-11H2,1-5H3. The van der Waals surface area contributed by atoms with Crippen molar-refractivity contribution in [2.75, 3.05) is 24.6 Å². The van der Waals surface area contributed by atoms with Crippen LogP contribution in [0.4, 0.5) is 0 Å². The summed E-state index contributed by atoms with van der Waals surface area (Å²) in [6, 6.07) is 2.14. The Hall–Kier alpha value is 0.270. The number of nitrogens with one attached hydrogen (secondary N) is 1. The van der Waals surface area contributed by atoms with Gasteiger partial charge >= 0.3 is 0 Å². The molecule has 1 heterocycles. The monoisotopic (exact) mass is 272 g/mol. The molecule has 0 radical (unpaired) electrons. The van der Waals surface area contributed by atoms with Gasteiger partial charge in [0.1, 0.15) is 0 Å². The van der Waals surface area contributed by atoms with E-state index in [1.165, 1.54) is 37.4 Å². The zero-order valence-electron chi connectivity index (χ0n) is 12.9.